The fraction of sp³-hybridized carbons (Fsp3) is 0.462. The van der Waals surface area contributed by atoms with Gasteiger partial charge in [-0.1, -0.05) is 17.8 Å². The summed E-state index contributed by atoms with van der Waals surface area (Å²) in [6.45, 7) is 1.35. The number of carbonyl (C=O) groups is 1. The first-order chi connectivity index (χ1) is 9.62. The van der Waals surface area contributed by atoms with Crippen LogP contribution >= 0.6 is 11.8 Å². The number of carbonyl (C=O) groups excluding carboxylic acids is 1. The highest BCUT2D eigenvalue weighted by Gasteiger charge is 2.34. The van der Waals surface area contributed by atoms with E-state index in [9.17, 15) is 32.6 Å². The number of hydrogen-bond donors (Lipinski definition) is 2. The molecule has 0 aliphatic rings. The molecule has 0 aromatic heterocycles. The van der Waals surface area contributed by atoms with E-state index in [2.05, 4.69) is 0 Å². The number of aliphatic hydroxyl groups excluding tert-OH is 2. The van der Waals surface area contributed by atoms with Crippen molar-refractivity contribution >= 4 is 16.9 Å². The molecule has 1 aromatic rings. The smallest absolute Gasteiger partial charge is 0.390 e. The molecule has 0 spiro atoms. The minimum atomic E-state index is -4.82. The molecule has 0 amide bonds. The van der Waals surface area contributed by atoms with E-state index in [1.807, 2.05) is 0 Å². The summed E-state index contributed by atoms with van der Waals surface area (Å²) in [5.74, 6) is -1.26. The van der Waals surface area contributed by atoms with Crippen LogP contribution in [0.4, 0.5) is 17.6 Å². The van der Waals surface area contributed by atoms with Gasteiger partial charge in [0.25, 0.3) is 0 Å². The molecule has 0 heterocycles. The zero-order valence-corrected chi connectivity index (χ0v) is 11.8. The van der Waals surface area contributed by atoms with Gasteiger partial charge in [0.1, 0.15) is 11.9 Å². The molecule has 2 N–H and O–H groups in total. The molecule has 0 saturated heterocycles. The van der Waals surface area contributed by atoms with Gasteiger partial charge >= 0.3 is 6.18 Å². The van der Waals surface area contributed by atoms with E-state index in [0.717, 1.165) is 17.8 Å². The molecule has 0 radical (unpaired) electrons. The Hall–Kier alpha value is -1.12. The third-order valence-electron chi connectivity index (χ3n) is 2.72. The van der Waals surface area contributed by atoms with Crippen LogP contribution < -0.4 is 0 Å². The summed E-state index contributed by atoms with van der Waals surface area (Å²) in [6.07, 6.45) is -7.58. The fourth-order valence-electron chi connectivity index (χ4n) is 1.65. The van der Waals surface area contributed by atoms with Crippen LogP contribution in [-0.4, -0.2) is 27.2 Å². The van der Waals surface area contributed by atoms with Gasteiger partial charge in [-0.2, -0.15) is 13.2 Å². The molecule has 0 bridgehead atoms. The first kappa shape index (κ1) is 17.9. The van der Waals surface area contributed by atoms with Crippen molar-refractivity contribution in [3.05, 3.63) is 35.1 Å². The first-order valence-corrected chi connectivity index (χ1v) is 6.97. The number of alkyl halides is 3. The molecule has 1 rings (SSSR count). The van der Waals surface area contributed by atoms with Crippen LogP contribution in [0.2, 0.25) is 0 Å². The zero-order valence-electron chi connectivity index (χ0n) is 11.0. The molecule has 2 atom stereocenters. The van der Waals surface area contributed by atoms with Crippen LogP contribution in [0.3, 0.4) is 0 Å². The Kier molecular flexibility index (Phi) is 6.18. The minimum Gasteiger partial charge on any atom is -0.390 e. The number of hydrogen-bond acceptors (Lipinski definition) is 4. The SMILES string of the molecule is CC(=O)SCCC(O)C(O)c1ccc(C(F)(F)F)c(F)c1. The lowest BCUT2D eigenvalue weighted by Gasteiger charge is -2.18. The van der Waals surface area contributed by atoms with Crippen LogP contribution in [0.5, 0.6) is 0 Å². The second-order valence-corrected chi connectivity index (χ2v) is 5.65. The van der Waals surface area contributed by atoms with Crippen molar-refractivity contribution in [1.29, 1.82) is 0 Å². The predicted molar refractivity (Wildman–Crippen MR) is 70.1 cm³/mol. The second kappa shape index (κ2) is 7.24. The molecule has 1 aromatic carbocycles. The van der Waals surface area contributed by atoms with Crippen molar-refractivity contribution in [2.75, 3.05) is 5.75 Å². The van der Waals surface area contributed by atoms with Gasteiger partial charge in [-0.15, -0.1) is 0 Å². The topological polar surface area (TPSA) is 57.5 Å². The third-order valence-corrected chi connectivity index (χ3v) is 3.57. The summed E-state index contributed by atoms with van der Waals surface area (Å²) in [4.78, 5) is 10.7. The van der Waals surface area contributed by atoms with Crippen LogP contribution in [0.15, 0.2) is 18.2 Å². The minimum absolute atomic E-state index is 0.0497. The highest BCUT2D eigenvalue weighted by atomic mass is 32.2. The molecule has 21 heavy (non-hydrogen) atoms. The summed E-state index contributed by atoms with van der Waals surface area (Å²) in [7, 11) is 0. The number of rotatable bonds is 5. The maximum Gasteiger partial charge on any atom is 0.419 e. The number of thioether (sulfide) groups is 1. The molecule has 0 aliphatic heterocycles. The van der Waals surface area contributed by atoms with Crippen molar-refractivity contribution in [3.63, 3.8) is 0 Å². The summed E-state index contributed by atoms with van der Waals surface area (Å²) in [5.41, 5.74) is -1.58. The van der Waals surface area contributed by atoms with E-state index in [-0.39, 0.29) is 22.9 Å². The van der Waals surface area contributed by atoms with E-state index in [1.54, 1.807) is 0 Å². The molecule has 8 heteroatoms. The van der Waals surface area contributed by atoms with Gasteiger partial charge in [-0.25, -0.2) is 4.39 Å². The average Bonchev–Trinajstić information content (AvgIpc) is 2.35. The van der Waals surface area contributed by atoms with Crippen LogP contribution in [0.1, 0.15) is 30.6 Å². The lowest BCUT2D eigenvalue weighted by atomic mass is 10.0. The summed E-state index contributed by atoms with van der Waals surface area (Å²) >= 11 is 0.948. The highest BCUT2D eigenvalue weighted by molar-refractivity contribution is 8.13. The Morgan fingerprint density at radius 1 is 1.33 bits per heavy atom. The Balaban J connectivity index is 2.76. The van der Waals surface area contributed by atoms with Gasteiger partial charge in [0.2, 0.25) is 0 Å². The standard InChI is InChI=1S/C13H14F4O3S/c1-7(18)21-5-4-11(19)12(20)8-2-3-9(10(14)6-8)13(15,16)17/h2-3,6,11-12,19-20H,4-5H2,1H3. The highest BCUT2D eigenvalue weighted by Crippen LogP contribution is 2.33. The monoisotopic (exact) mass is 326 g/mol. The second-order valence-electron chi connectivity index (χ2n) is 4.38. The molecule has 0 fully saturated rings. The predicted octanol–water partition coefficient (Wildman–Crippen LogP) is 2.91. The molecule has 0 saturated carbocycles. The first-order valence-electron chi connectivity index (χ1n) is 5.99. The molecular formula is C13H14F4O3S. The quantitative estimate of drug-likeness (QED) is 0.817. The van der Waals surface area contributed by atoms with Crippen LogP contribution in [-0.2, 0) is 11.0 Å². The molecule has 118 valence electrons. The maximum absolute atomic E-state index is 13.4. The Morgan fingerprint density at radius 2 is 1.95 bits per heavy atom. The van der Waals surface area contributed by atoms with E-state index >= 15 is 0 Å². The lowest BCUT2D eigenvalue weighted by molar-refractivity contribution is -0.140. The van der Waals surface area contributed by atoms with Crippen molar-refractivity contribution in [1.82, 2.24) is 0 Å². The summed E-state index contributed by atoms with van der Waals surface area (Å²) < 4.78 is 50.6. The van der Waals surface area contributed by atoms with E-state index in [4.69, 9.17) is 0 Å². The van der Waals surface area contributed by atoms with E-state index in [1.165, 1.54) is 6.92 Å². The van der Waals surface area contributed by atoms with Gasteiger partial charge in [0, 0.05) is 12.7 Å². The Labute approximate surface area is 123 Å². The largest absolute Gasteiger partial charge is 0.419 e. The van der Waals surface area contributed by atoms with E-state index in [0.29, 0.717) is 12.1 Å². The van der Waals surface area contributed by atoms with Gasteiger partial charge in [0.15, 0.2) is 5.12 Å². The lowest BCUT2D eigenvalue weighted by Crippen LogP contribution is -2.20. The van der Waals surface area contributed by atoms with Crippen molar-refractivity contribution in [3.8, 4) is 0 Å². The Bertz CT molecular complexity index is 505. The van der Waals surface area contributed by atoms with Gasteiger partial charge in [-0.05, 0) is 24.1 Å². The van der Waals surface area contributed by atoms with Crippen LogP contribution in [0.25, 0.3) is 0 Å². The van der Waals surface area contributed by atoms with Crippen molar-refractivity contribution in [2.45, 2.75) is 31.7 Å². The zero-order chi connectivity index (χ0) is 16.2. The summed E-state index contributed by atoms with van der Waals surface area (Å²) in [5, 5.41) is 19.3. The number of halogens is 4. The molecule has 3 nitrogen and oxygen atoms in total. The van der Waals surface area contributed by atoms with Gasteiger partial charge < -0.3 is 10.2 Å². The maximum atomic E-state index is 13.4. The van der Waals surface area contributed by atoms with E-state index < -0.39 is 29.8 Å². The van der Waals surface area contributed by atoms with Crippen molar-refractivity contribution < 1.29 is 32.6 Å². The third kappa shape index (κ3) is 5.29. The summed E-state index contributed by atoms with van der Waals surface area (Å²) in [6, 6.07) is 1.98. The fourth-order valence-corrected chi connectivity index (χ4v) is 2.30. The molecular weight excluding hydrogens is 312 g/mol. The van der Waals surface area contributed by atoms with Crippen LogP contribution in [0, 0.1) is 5.82 Å². The van der Waals surface area contributed by atoms with Crippen molar-refractivity contribution in [2.24, 2.45) is 0 Å². The molecule has 0 aliphatic carbocycles. The van der Waals surface area contributed by atoms with Gasteiger partial charge in [0.05, 0.1) is 11.7 Å². The molecule has 2 unspecified atom stereocenters. The Morgan fingerprint density at radius 3 is 2.43 bits per heavy atom. The number of benzene rings is 1. The average molecular weight is 326 g/mol. The number of aliphatic hydroxyl groups is 2. The normalized spacial score (nSPS) is 14.8. The van der Waals surface area contributed by atoms with Gasteiger partial charge in [-0.3, -0.25) is 4.79 Å².